The van der Waals surface area contributed by atoms with Crippen LogP contribution in [0.2, 0.25) is 0 Å². The molecular formula is C16H21NOS. The fraction of sp³-hybridized carbons (Fsp3) is 0.562. The first-order valence-electron chi connectivity index (χ1n) is 7.22. The lowest BCUT2D eigenvalue weighted by molar-refractivity contribution is -0.119. The van der Waals surface area contributed by atoms with Crippen molar-refractivity contribution in [3.63, 3.8) is 0 Å². The third-order valence-electron chi connectivity index (χ3n) is 4.43. The van der Waals surface area contributed by atoms with Crippen molar-refractivity contribution in [1.29, 1.82) is 0 Å². The Kier molecular flexibility index (Phi) is 4.12. The molecule has 2 aliphatic rings. The lowest BCUT2D eigenvalue weighted by Gasteiger charge is -2.22. The molecule has 3 atom stereocenters. The van der Waals surface area contributed by atoms with Gasteiger partial charge in [-0.25, -0.2) is 0 Å². The second-order valence-electron chi connectivity index (χ2n) is 5.83. The molecule has 1 amide bonds. The number of carbonyl (C=O) groups is 1. The van der Waals surface area contributed by atoms with Crippen molar-refractivity contribution in [2.24, 2.45) is 11.8 Å². The van der Waals surface area contributed by atoms with E-state index in [2.05, 4.69) is 17.4 Å². The zero-order chi connectivity index (χ0) is 13.1. The van der Waals surface area contributed by atoms with Gasteiger partial charge in [0, 0.05) is 11.8 Å². The molecule has 0 heterocycles. The van der Waals surface area contributed by atoms with Gasteiger partial charge in [0.25, 0.3) is 0 Å². The standard InChI is InChI=1S/C16H21NOS/c18-16(11-19-10-12-4-2-1-3-5-12)17-15-9-13-6-7-14(15)8-13/h1-5,13-15H,6-11H2,(H,17,18)/t13-,14-,15+/m0/s1. The Labute approximate surface area is 119 Å². The van der Waals surface area contributed by atoms with Gasteiger partial charge in [0.15, 0.2) is 0 Å². The van der Waals surface area contributed by atoms with Gasteiger partial charge in [0.1, 0.15) is 0 Å². The van der Waals surface area contributed by atoms with Crippen molar-refractivity contribution in [3.05, 3.63) is 35.9 Å². The van der Waals surface area contributed by atoms with Crippen LogP contribution in [0.5, 0.6) is 0 Å². The van der Waals surface area contributed by atoms with E-state index in [4.69, 9.17) is 0 Å². The van der Waals surface area contributed by atoms with Crippen LogP contribution >= 0.6 is 11.8 Å². The molecule has 102 valence electrons. The maximum Gasteiger partial charge on any atom is 0.230 e. The molecule has 1 N–H and O–H groups in total. The second-order valence-corrected chi connectivity index (χ2v) is 6.81. The van der Waals surface area contributed by atoms with E-state index in [1.54, 1.807) is 11.8 Å². The van der Waals surface area contributed by atoms with Gasteiger partial charge in [-0.1, -0.05) is 36.8 Å². The maximum atomic E-state index is 11.9. The van der Waals surface area contributed by atoms with Crippen molar-refractivity contribution in [3.8, 4) is 0 Å². The highest BCUT2D eigenvalue weighted by molar-refractivity contribution is 7.99. The van der Waals surface area contributed by atoms with Gasteiger partial charge in [-0.15, -0.1) is 11.8 Å². The van der Waals surface area contributed by atoms with Crippen molar-refractivity contribution in [2.75, 3.05) is 5.75 Å². The molecule has 2 aliphatic carbocycles. The molecule has 19 heavy (non-hydrogen) atoms. The first-order valence-corrected chi connectivity index (χ1v) is 8.38. The molecule has 3 rings (SSSR count). The van der Waals surface area contributed by atoms with Crippen LogP contribution in [0.1, 0.15) is 31.2 Å². The SMILES string of the molecule is O=C(CSCc1ccccc1)N[C@@H]1C[C@H]2CC[C@H]1C2. The van der Waals surface area contributed by atoms with Crippen LogP contribution in [0.15, 0.2) is 30.3 Å². The number of benzene rings is 1. The highest BCUT2D eigenvalue weighted by Gasteiger charge is 2.39. The number of amides is 1. The van der Waals surface area contributed by atoms with Crippen LogP contribution in [0, 0.1) is 11.8 Å². The third-order valence-corrected chi connectivity index (χ3v) is 5.43. The average Bonchev–Trinajstić information content (AvgIpc) is 3.02. The van der Waals surface area contributed by atoms with Crippen molar-refractivity contribution in [1.82, 2.24) is 5.32 Å². The highest BCUT2D eigenvalue weighted by Crippen LogP contribution is 2.44. The van der Waals surface area contributed by atoms with E-state index in [1.165, 1.54) is 31.2 Å². The second kappa shape index (κ2) is 6.00. The molecule has 0 aromatic heterocycles. The van der Waals surface area contributed by atoms with Crippen LogP contribution in [0.4, 0.5) is 0 Å². The van der Waals surface area contributed by atoms with E-state index in [9.17, 15) is 4.79 Å². The predicted octanol–water partition coefficient (Wildman–Crippen LogP) is 3.22. The van der Waals surface area contributed by atoms with Gasteiger partial charge >= 0.3 is 0 Å². The highest BCUT2D eigenvalue weighted by atomic mass is 32.2. The topological polar surface area (TPSA) is 29.1 Å². The van der Waals surface area contributed by atoms with Gasteiger partial charge in [-0.2, -0.15) is 0 Å². The minimum Gasteiger partial charge on any atom is -0.352 e. The van der Waals surface area contributed by atoms with Crippen LogP contribution in [0.3, 0.4) is 0 Å². The van der Waals surface area contributed by atoms with Crippen molar-refractivity contribution >= 4 is 17.7 Å². The summed E-state index contributed by atoms with van der Waals surface area (Å²) in [5, 5.41) is 3.24. The largest absolute Gasteiger partial charge is 0.352 e. The van der Waals surface area contributed by atoms with Crippen molar-refractivity contribution < 1.29 is 4.79 Å². The average molecular weight is 275 g/mol. The summed E-state index contributed by atoms with van der Waals surface area (Å²) in [6, 6.07) is 10.8. The molecule has 0 spiro atoms. The predicted molar refractivity (Wildman–Crippen MR) is 80.0 cm³/mol. The Balaban J connectivity index is 1.38. The monoisotopic (exact) mass is 275 g/mol. The maximum absolute atomic E-state index is 11.9. The molecule has 3 heteroatoms. The molecule has 1 aromatic rings. The minimum absolute atomic E-state index is 0.221. The number of nitrogens with one attached hydrogen (secondary N) is 1. The van der Waals surface area contributed by atoms with Gasteiger partial charge < -0.3 is 5.32 Å². The Hall–Kier alpha value is -0.960. The third kappa shape index (κ3) is 3.33. The van der Waals surface area contributed by atoms with Gasteiger partial charge in [0.2, 0.25) is 5.91 Å². The summed E-state index contributed by atoms with van der Waals surface area (Å²) in [5.41, 5.74) is 1.29. The lowest BCUT2D eigenvalue weighted by atomic mass is 9.95. The number of rotatable bonds is 5. The van der Waals surface area contributed by atoms with Crippen LogP contribution in [0.25, 0.3) is 0 Å². The van der Waals surface area contributed by atoms with Gasteiger partial charge in [-0.05, 0) is 36.7 Å². The lowest BCUT2D eigenvalue weighted by Crippen LogP contribution is -2.39. The van der Waals surface area contributed by atoms with E-state index < -0.39 is 0 Å². The quantitative estimate of drug-likeness (QED) is 0.894. The zero-order valence-electron chi connectivity index (χ0n) is 11.2. The molecular weight excluding hydrogens is 254 g/mol. The molecule has 0 unspecified atom stereocenters. The molecule has 2 fully saturated rings. The Bertz CT molecular complexity index is 434. The number of thioether (sulfide) groups is 1. The number of hydrogen-bond donors (Lipinski definition) is 1. The molecule has 0 aliphatic heterocycles. The first kappa shape index (κ1) is 13.0. The van der Waals surface area contributed by atoms with E-state index in [1.807, 2.05) is 18.2 Å². The summed E-state index contributed by atoms with van der Waals surface area (Å²) in [5.74, 6) is 3.40. The Morgan fingerprint density at radius 1 is 1.21 bits per heavy atom. The molecule has 2 bridgehead atoms. The van der Waals surface area contributed by atoms with E-state index in [-0.39, 0.29) is 5.91 Å². The summed E-state index contributed by atoms with van der Waals surface area (Å²) in [6.07, 6.45) is 5.29. The first-order chi connectivity index (χ1) is 9.31. The minimum atomic E-state index is 0.221. The fourth-order valence-corrected chi connectivity index (χ4v) is 4.30. The summed E-state index contributed by atoms with van der Waals surface area (Å²) < 4.78 is 0. The summed E-state index contributed by atoms with van der Waals surface area (Å²) in [7, 11) is 0. The van der Waals surface area contributed by atoms with E-state index in [0.717, 1.165) is 17.6 Å². The zero-order valence-corrected chi connectivity index (χ0v) is 12.0. The van der Waals surface area contributed by atoms with Gasteiger partial charge in [-0.3, -0.25) is 4.79 Å². The smallest absolute Gasteiger partial charge is 0.230 e. The molecule has 0 saturated heterocycles. The normalized spacial score (nSPS) is 28.5. The van der Waals surface area contributed by atoms with Crippen molar-refractivity contribution in [2.45, 2.75) is 37.5 Å². The molecule has 1 aromatic carbocycles. The van der Waals surface area contributed by atoms with Crippen LogP contribution < -0.4 is 5.32 Å². The number of fused-ring (bicyclic) bond motifs is 2. The Morgan fingerprint density at radius 2 is 2.05 bits per heavy atom. The summed E-state index contributed by atoms with van der Waals surface area (Å²) >= 11 is 1.71. The van der Waals surface area contributed by atoms with E-state index in [0.29, 0.717) is 11.8 Å². The molecule has 2 saturated carbocycles. The summed E-state index contributed by atoms with van der Waals surface area (Å²) in [4.78, 5) is 11.9. The number of hydrogen-bond acceptors (Lipinski definition) is 2. The van der Waals surface area contributed by atoms with E-state index >= 15 is 0 Å². The molecule has 0 radical (unpaired) electrons. The Morgan fingerprint density at radius 3 is 2.74 bits per heavy atom. The van der Waals surface area contributed by atoms with Crippen LogP contribution in [-0.4, -0.2) is 17.7 Å². The molecule has 2 nitrogen and oxygen atoms in total. The van der Waals surface area contributed by atoms with Gasteiger partial charge in [0.05, 0.1) is 5.75 Å². The number of carbonyl (C=O) groups excluding carboxylic acids is 1. The van der Waals surface area contributed by atoms with Crippen LogP contribution in [-0.2, 0) is 10.5 Å². The summed E-state index contributed by atoms with van der Waals surface area (Å²) in [6.45, 7) is 0. The fourth-order valence-electron chi connectivity index (χ4n) is 3.51.